The molecule has 4 nitrogen and oxygen atoms in total. The van der Waals surface area contributed by atoms with Crippen molar-refractivity contribution in [1.29, 1.82) is 0 Å². The second-order valence-corrected chi connectivity index (χ2v) is 5.80. The van der Waals surface area contributed by atoms with Crippen molar-refractivity contribution in [3.05, 3.63) is 64.4 Å². The van der Waals surface area contributed by atoms with Gasteiger partial charge in [-0.1, -0.05) is 30.3 Å². The topological polar surface area (TPSA) is 46.6 Å². The van der Waals surface area contributed by atoms with Crippen molar-refractivity contribution in [1.82, 2.24) is 4.90 Å². The molecule has 0 aliphatic carbocycles. The molecule has 1 aliphatic heterocycles. The molecule has 1 atom stereocenters. The number of imide groups is 1. The lowest BCUT2D eigenvalue weighted by molar-refractivity contribution is -0.124. The van der Waals surface area contributed by atoms with E-state index in [2.05, 4.69) is 0 Å². The third-order valence-corrected chi connectivity index (χ3v) is 4.18. The highest BCUT2D eigenvalue weighted by molar-refractivity contribution is 7.08. The molecule has 0 radical (unpaired) electrons. The van der Waals surface area contributed by atoms with Gasteiger partial charge >= 0.3 is 6.09 Å². The SMILES string of the molecule is O=C(/C=C/c1ccsc1)N1C(=O)OCC1Cc1ccccc1. The summed E-state index contributed by atoms with van der Waals surface area (Å²) in [5.74, 6) is -0.338. The predicted molar refractivity (Wildman–Crippen MR) is 85.5 cm³/mol. The number of ether oxygens (including phenoxy) is 1. The van der Waals surface area contributed by atoms with Gasteiger partial charge in [0.1, 0.15) is 6.61 Å². The summed E-state index contributed by atoms with van der Waals surface area (Å²) < 4.78 is 5.04. The maximum absolute atomic E-state index is 12.3. The minimum atomic E-state index is -0.569. The number of cyclic esters (lactones) is 1. The summed E-state index contributed by atoms with van der Waals surface area (Å²) in [6.45, 7) is 0.242. The van der Waals surface area contributed by atoms with Crippen LogP contribution in [0.25, 0.3) is 6.08 Å². The summed E-state index contributed by atoms with van der Waals surface area (Å²) >= 11 is 1.56. The van der Waals surface area contributed by atoms with Crippen molar-refractivity contribution in [3.63, 3.8) is 0 Å². The molecule has 1 aromatic carbocycles. The lowest BCUT2D eigenvalue weighted by Gasteiger charge is -2.18. The van der Waals surface area contributed by atoms with Crippen molar-refractivity contribution in [3.8, 4) is 0 Å². The van der Waals surface area contributed by atoms with Gasteiger partial charge < -0.3 is 4.74 Å². The first-order valence-corrected chi connectivity index (χ1v) is 7.92. The Bertz CT molecular complexity index is 679. The van der Waals surface area contributed by atoms with Gasteiger partial charge in [0.25, 0.3) is 5.91 Å². The van der Waals surface area contributed by atoms with Crippen LogP contribution in [0.4, 0.5) is 4.79 Å². The number of rotatable bonds is 4. The molecular formula is C17H15NO3S. The molecule has 0 bridgehead atoms. The number of benzene rings is 1. The van der Waals surface area contributed by atoms with Gasteiger partial charge in [0.2, 0.25) is 0 Å². The van der Waals surface area contributed by atoms with Crippen LogP contribution >= 0.6 is 11.3 Å². The van der Waals surface area contributed by atoms with Gasteiger partial charge in [0.05, 0.1) is 6.04 Å². The van der Waals surface area contributed by atoms with Crippen molar-refractivity contribution in [2.24, 2.45) is 0 Å². The van der Waals surface area contributed by atoms with E-state index in [1.807, 2.05) is 47.2 Å². The summed E-state index contributed by atoms with van der Waals surface area (Å²) in [5.41, 5.74) is 2.02. The van der Waals surface area contributed by atoms with Gasteiger partial charge in [0.15, 0.2) is 0 Å². The van der Waals surface area contributed by atoms with Crippen molar-refractivity contribution in [2.45, 2.75) is 12.5 Å². The van der Waals surface area contributed by atoms with Crippen LogP contribution in [-0.2, 0) is 16.0 Å². The van der Waals surface area contributed by atoms with E-state index in [1.54, 1.807) is 17.4 Å². The van der Waals surface area contributed by atoms with E-state index in [-0.39, 0.29) is 18.6 Å². The largest absolute Gasteiger partial charge is 0.447 e. The fourth-order valence-electron chi connectivity index (χ4n) is 2.38. The van der Waals surface area contributed by atoms with E-state index in [0.717, 1.165) is 11.1 Å². The first-order chi connectivity index (χ1) is 10.7. The zero-order valence-electron chi connectivity index (χ0n) is 11.8. The number of thiophene rings is 1. The second-order valence-electron chi connectivity index (χ2n) is 5.02. The predicted octanol–water partition coefficient (Wildman–Crippen LogP) is 3.35. The normalized spacial score (nSPS) is 17.9. The Morgan fingerprint density at radius 1 is 1.32 bits per heavy atom. The fraction of sp³-hybridized carbons (Fsp3) is 0.176. The van der Waals surface area contributed by atoms with Gasteiger partial charge in [-0.3, -0.25) is 4.79 Å². The minimum Gasteiger partial charge on any atom is -0.447 e. The summed E-state index contributed by atoms with van der Waals surface area (Å²) in [6.07, 6.45) is 3.17. The van der Waals surface area contributed by atoms with Crippen LogP contribution in [0.1, 0.15) is 11.1 Å². The molecule has 0 saturated carbocycles. The Kier molecular flexibility index (Phi) is 4.34. The van der Waals surface area contributed by atoms with E-state index in [4.69, 9.17) is 4.74 Å². The summed E-state index contributed by atoms with van der Waals surface area (Å²) in [5, 5.41) is 3.88. The molecule has 2 amide bonds. The maximum Gasteiger partial charge on any atom is 0.417 e. The highest BCUT2D eigenvalue weighted by Crippen LogP contribution is 2.18. The number of carbonyl (C=O) groups is 2. The number of amides is 2. The van der Waals surface area contributed by atoms with Gasteiger partial charge in [-0.05, 0) is 40.5 Å². The Hall–Kier alpha value is -2.40. The first-order valence-electron chi connectivity index (χ1n) is 6.98. The van der Waals surface area contributed by atoms with Gasteiger partial charge in [-0.2, -0.15) is 11.3 Å². The molecule has 3 rings (SSSR count). The number of hydrogen-bond acceptors (Lipinski definition) is 4. The fourth-order valence-corrected chi connectivity index (χ4v) is 3.01. The Morgan fingerprint density at radius 3 is 2.86 bits per heavy atom. The van der Waals surface area contributed by atoms with Gasteiger partial charge in [0, 0.05) is 6.08 Å². The molecular weight excluding hydrogens is 298 g/mol. The van der Waals surface area contributed by atoms with E-state index < -0.39 is 6.09 Å². The summed E-state index contributed by atoms with van der Waals surface area (Å²) in [4.78, 5) is 25.3. The molecule has 2 heterocycles. The first kappa shape index (κ1) is 14.5. The van der Waals surface area contributed by atoms with Crippen molar-refractivity contribution < 1.29 is 14.3 Å². The summed E-state index contributed by atoms with van der Waals surface area (Å²) in [7, 11) is 0. The molecule has 1 fully saturated rings. The lowest BCUT2D eigenvalue weighted by Crippen LogP contribution is -2.39. The molecule has 22 heavy (non-hydrogen) atoms. The van der Waals surface area contributed by atoms with Crippen LogP contribution in [0.5, 0.6) is 0 Å². The summed E-state index contributed by atoms with van der Waals surface area (Å²) in [6, 6.07) is 11.4. The highest BCUT2D eigenvalue weighted by Gasteiger charge is 2.36. The Morgan fingerprint density at radius 2 is 2.14 bits per heavy atom. The van der Waals surface area contributed by atoms with Crippen molar-refractivity contribution >= 4 is 29.4 Å². The van der Waals surface area contributed by atoms with E-state index >= 15 is 0 Å². The Labute approximate surface area is 132 Å². The molecule has 2 aromatic rings. The van der Waals surface area contributed by atoms with E-state index in [9.17, 15) is 9.59 Å². The zero-order chi connectivity index (χ0) is 15.4. The average Bonchev–Trinajstić information content (AvgIpc) is 3.16. The minimum absolute atomic E-state index is 0.242. The van der Waals surface area contributed by atoms with Crippen LogP contribution in [-0.4, -0.2) is 29.5 Å². The maximum atomic E-state index is 12.3. The molecule has 112 valence electrons. The molecule has 0 spiro atoms. The molecule has 1 aliphatic rings. The molecule has 5 heteroatoms. The number of hydrogen-bond donors (Lipinski definition) is 0. The standard InChI is InChI=1S/C17H15NO3S/c19-16(7-6-14-8-9-22-12-14)18-15(11-21-17(18)20)10-13-4-2-1-3-5-13/h1-9,12,15H,10-11H2/b7-6+. The van der Waals surface area contributed by atoms with Crippen LogP contribution in [0.3, 0.4) is 0 Å². The van der Waals surface area contributed by atoms with Crippen molar-refractivity contribution in [2.75, 3.05) is 6.61 Å². The Balaban J connectivity index is 1.72. The molecule has 1 unspecified atom stereocenters. The van der Waals surface area contributed by atoms with Crippen LogP contribution in [0.2, 0.25) is 0 Å². The average molecular weight is 313 g/mol. The monoisotopic (exact) mass is 313 g/mol. The number of nitrogens with zero attached hydrogens (tertiary/aromatic N) is 1. The quantitative estimate of drug-likeness (QED) is 0.813. The lowest BCUT2D eigenvalue weighted by atomic mass is 10.1. The van der Waals surface area contributed by atoms with Gasteiger partial charge in [-0.25, -0.2) is 9.69 Å². The third kappa shape index (κ3) is 3.26. The third-order valence-electron chi connectivity index (χ3n) is 3.47. The van der Waals surface area contributed by atoms with Crippen LogP contribution in [0.15, 0.2) is 53.2 Å². The zero-order valence-corrected chi connectivity index (χ0v) is 12.7. The van der Waals surface area contributed by atoms with Crippen LogP contribution in [0, 0.1) is 0 Å². The molecule has 0 N–H and O–H groups in total. The second kappa shape index (κ2) is 6.58. The van der Waals surface area contributed by atoms with E-state index in [0.29, 0.717) is 6.42 Å². The number of carbonyl (C=O) groups excluding carboxylic acids is 2. The van der Waals surface area contributed by atoms with Crippen LogP contribution < -0.4 is 0 Å². The van der Waals surface area contributed by atoms with Gasteiger partial charge in [-0.15, -0.1) is 0 Å². The smallest absolute Gasteiger partial charge is 0.417 e. The highest BCUT2D eigenvalue weighted by atomic mass is 32.1. The molecule has 1 aromatic heterocycles. The van der Waals surface area contributed by atoms with E-state index in [1.165, 1.54) is 11.0 Å². The molecule has 1 saturated heterocycles.